The Kier molecular flexibility index (Phi) is 8.82. The first-order valence-electron chi connectivity index (χ1n) is 13.7. The van der Waals surface area contributed by atoms with Gasteiger partial charge in [-0.3, -0.25) is 0 Å². The zero-order valence-electron chi connectivity index (χ0n) is 24.8. The van der Waals surface area contributed by atoms with Gasteiger partial charge in [-0.2, -0.15) is 0 Å². The summed E-state index contributed by atoms with van der Waals surface area (Å²) in [4.78, 5) is 0. The molecule has 0 aliphatic heterocycles. The van der Waals surface area contributed by atoms with Crippen molar-refractivity contribution in [2.24, 2.45) is 44.3 Å². The summed E-state index contributed by atoms with van der Waals surface area (Å²) in [5.41, 5.74) is 7.28. The Morgan fingerprint density at radius 3 is 2.09 bits per heavy atom. The molecule has 0 N–H and O–H groups in total. The Balaban J connectivity index is 0.00000144. The van der Waals surface area contributed by atoms with E-state index in [0.29, 0.717) is 27.1 Å². The molecule has 0 nitrogen and oxygen atoms in total. The SMILES string of the molecule is [CH2-]C1=CCC2(C)C(CCC3(C)C2CCC2=C4[C-](CCC(C)(C)C4(C)C)CCC23C)C1(C)C.[CH3-].[W+2].[Y]. The summed E-state index contributed by atoms with van der Waals surface area (Å²) < 4.78 is 0. The second-order valence-electron chi connectivity index (χ2n) is 15.1. The molecule has 5 aliphatic carbocycles. The van der Waals surface area contributed by atoms with E-state index in [0.717, 1.165) is 11.8 Å². The van der Waals surface area contributed by atoms with Crippen molar-refractivity contribution in [1.82, 2.24) is 0 Å². The van der Waals surface area contributed by atoms with E-state index in [9.17, 15) is 0 Å². The van der Waals surface area contributed by atoms with Crippen molar-refractivity contribution in [2.45, 2.75) is 120 Å². The molecule has 0 aromatic heterocycles. The van der Waals surface area contributed by atoms with Crippen molar-refractivity contribution >= 4 is 0 Å². The molecule has 5 aliphatic rings. The van der Waals surface area contributed by atoms with E-state index in [4.69, 9.17) is 0 Å². The van der Waals surface area contributed by atoms with Crippen LogP contribution in [0.3, 0.4) is 0 Å². The number of allylic oxidation sites excluding steroid dienone is 4. The van der Waals surface area contributed by atoms with Crippen LogP contribution in [-0.4, -0.2) is 0 Å². The van der Waals surface area contributed by atoms with Gasteiger partial charge in [-0.1, -0.05) is 113 Å². The van der Waals surface area contributed by atoms with Crippen LogP contribution in [0.2, 0.25) is 0 Å². The van der Waals surface area contributed by atoms with Gasteiger partial charge in [-0.25, -0.2) is 35.6 Å². The van der Waals surface area contributed by atoms with Gasteiger partial charge < -0.3 is 7.43 Å². The minimum atomic E-state index is 0. The fourth-order valence-corrected chi connectivity index (χ4v) is 10.2. The molecule has 0 bridgehead atoms. The summed E-state index contributed by atoms with van der Waals surface area (Å²) in [5, 5.41) is 0. The maximum Gasteiger partial charge on any atom is 2.00 e. The molecule has 0 aromatic carbocycles. The van der Waals surface area contributed by atoms with Crippen molar-refractivity contribution in [2.75, 3.05) is 0 Å². The normalized spacial score (nSPS) is 42.4. The first-order chi connectivity index (χ1) is 14.6. The van der Waals surface area contributed by atoms with E-state index in [1.54, 1.807) is 0 Å². The van der Waals surface area contributed by atoms with Gasteiger partial charge in [0.2, 0.25) is 0 Å². The van der Waals surface area contributed by atoms with Gasteiger partial charge in [0.25, 0.3) is 0 Å². The third-order valence-corrected chi connectivity index (χ3v) is 13.4. The number of fused-ring (bicyclic) bond motifs is 6. The second-order valence-corrected chi connectivity index (χ2v) is 15.1. The summed E-state index contributed by atoms with van der Waals surface area (Å²) in [6, 6.07) is 0. The molecule has 5 unspecified atom stereocenters. The monoisotopic (exact) mass is 722 g/mol. The first-order valence-corrected chi connectivity index (χ1v) is 13.7. The molecule has 0 spiro atoms. The van der Waals surface area contributed by atoms with E-state index in [2.05, 4.69) is 75.3 Å². The van der Waals surface area contributed by atoms with E-state index < -0.39 is 0 Å². The van der Waals surface area contributed by atoms with Crippen LogP contribution in [0.15, 0.2) is 22.8 Å². The largest absolute Gasteiger partial charge is 2.00 e. The van der Waals surface area contributed by atoms with Gasteiger partial charge in [-0.05, 0) is 51.8 Å². The van der Waals surface area contributed by atoms with Crippen LogP contribution in [0.25, 0.3) is 0 Å². The Morgan fingerprint density at radius 2 is 1.46 bits per heavy atom. The molecule has 3 saturated carbocycles. The van der Waals surface area contributed by atoms with E-state index >= 15 is 0 Å². The molecule has 0 amide bonds. The predicted octanol–water partition coefficient (Wildman–Crippen LogP) is 9.97. The van der Waals surface area contributed by atoms with Crippen LogP contribution in [-0.2, 0) is 53.8 Å². The van der Waals surface area contributed by atoms with E-state index in [1.807, 2.05) is 17.1 Å². The van der Waals surface area contributed by atoms with Gasteiger partial charge >= 0.3 is 21.1 Å². The number of hydrogen-bond acceptors (Lipinski definition) is 0. The summed E-state index contributed by atoms with van der Waals surface area (Å²) in [5.74, 6) is 3.44. The van der Waals surface area contributed by atoms with Crippen LogP contribution >= 0.6 is 0 Å². The van der Waals surface area contributed by atoms with Crippen LogP contribution in [0.4, 0.5) is 0 Å². The third kappa shape index (κ3) is 3.97. The fourth-order valence-electron chi connectivity index (χ4n) is 10.2. The molecule has 5 rings (SSSR count). The van der Waals surface area contributed by atoms with Gasteiger partial charge in [0.15, 0.2) is 0 Å². The van der Waals surface area contributed by atoms with E-state index in [-0.39, 0.29) is 66.6 Å². The average Bonchev–Trinajstić information content (AvgIpc) is 2.68. The van der Waals surface area contributed by atoms with Crippen molar-refractivity contribution in [3.63, 3.8) is 0 Å². The summed E-state index contributed by atoms with van der Waals surface area (Å²) >= 11 is 0. The number of rotatable bonds is 0. The smallest absolute Gasteiger partial charge is 0.358 e. The molecule has 5 atom stereocenters. The molecule has 0 saturated heterocycles. The van der Waals surface area contributed by atoms with Crippen LogP contribution in [0.1, 0.15) is 120 Å². The molecule has 0 aromatic rings. The molecular weight excluding hydrogens is 669 g/mol. The van der Waals surface area contributed by atoms with Crippen molar-refractivity contribution in [3.8, 4) is 0 Å². The summed E-state index contributed by atoms with van der Waals surface area (Å²) in [6.45, 7) is 27.8. The summed E-state index contributed by atoms with van der Waals surface area (Å²) in [6.07, 6.45) is 14.8. The summed E-state index contributed by atoms with van der Waals surface area (Å²) in [7, 11) is 0. The average molecular weight is 723 g/mol. The Morgan fingerprint density at radius 1 is 0.857 bits per heavy atom. The topological polar surface area (TPSA) is 0 Å². The second kappa shape index (κ2) is 9.58. The Bertz CT molecular complexity index is 891. The maximum absolute atomic E-state index is 4.50. The molecule has 3 fully saturated rings. The quantitative estimate of drug-likeness (QED) is 0.219. The zero-order valence-corrected chi connectivity index (χ0v) is 30.6. The van der Waals surface area contributed by atoms with E-state index in [1.165, 1.54) is 63.4 Å². The molecular formula is C33H53WY-. The van der Waals surface area contributed by atoms with Crippen LogP contribution < -0.4 is 0 Å². The van der Waals surface area contributed by atoms with Crippen LogP contribution in [0.5, 0.6) is 0 Å². The molecule has 35 heavy (non-hydrogen) atoms. The fraction of sp³-hybridized carbons (Fsp3) is 0.788. The maximum atomic E-state index is 4.50. The minimum absolute atomic E-state index is 0. The molecule has 2 heteroatoms. The van der Waals surface area contributed by atoms with Gasteiger partial charge in [0.05, 0.1) is 0 Å². The van der Waals surface area contributed by atoms with Crippen LogP contribution in [0, 0.1) is 64.6 Å². The van der Waals surface area contributed by atoms with Crippen molar-refractivity contribution in [1.29, 1.82) is 0 Å². The Labute approximate surface area is 259 Å². The predicted molar refractivity (Wildman–Crippen MR) is 144 cm³/mol. The van der Waals surface area contributed by atoms with Gasteiger partial charge in [0, 0.05) is 32.7 Å². The van der Waals surface area contributed by atoms with Crippen molar-refractivity contribution < 1.29 is 53.8 Å². The van der Waals surface area contributed by atoms with Gasteiger partial charge in [0.1, 0.15) is 0 Å². The number of hydrogen-bond donors (Lipinski definition) is 0. The first kappa shape index (κ1) is 32.2. The third-order valence-electron chi connectivity index (χ3n) is 13.4. The Hall–Kier alpha value is 1.01. The molecule has 195 valence electrons. The zero-order chi connectivity index (χ0) is 23.5. The van der Waals surface area contributed by atoms with Gasteiger partial charge in [-0.15, -0.1) is 0 Å². The minimum Gasteiger partial charge on any atom is -0.358 e. The van der Waals surface area contributed by atoms with Crippen molar-refractivity contribution in [3.05, 3.63) is 43.1 Å². The molecule has 0 heterocycles. The molecule has 1 radical (unpaired) electrons. The standard InChI is InChI=1S/C32H50.CH3.W.Y/c1-21-13-18-30(8)24(28(21,4)5)16-20-32(10)25(30)12-11-23-26-22(15-19-31(23,32)9)14-17-27(2,3)29(26,6)7;;;/h13,24-25H,1,11-12,14-20H2,2-10H3;1H3;;/q-2;-1;+2;.